The lowest BCUT2D eigenvalue weighted by molar-refractivity contribution is -0.505. The topological polar surface area (TPSA) is 296 Å². The summed E-state index contributed by atoms with van der Waals surface area (Å²) in [6, 6.07) is 0. The van der Waals surface area contributed by atoms with Crippen molar-refractivity contribution in [2.24, 2.45) is 5.11 Å². The van der Waals surface area contributed by atoms with E-state index < -0.39 is 119 Å². The summed E-state index contributed by atoms with van der Waals surface area (Å²) in [4.78, 5) is 0.187. The van der Waals surface area contributed by atoms with Crippen LogP contribution in [0, 0.1) is 5.21 Å². The maximum atomic E-state index is 10.9. The predicted molar refractivity (Wildman–Crippen MR) is 117 cm³/mol. The first kappa shape index (κ1) is 32.3. The molecule has 0 unspecified atom stereocenters. The molecule has 15 atom stereocenters. The number of ether oxygens (including phenoxy) is 6. The smallest absolute Gasteiger partial charge is 0.203 e. The van der Waals surface area contributed by atoms with Gasteiger partial charge >= 0.3 is 0 Å². The molecule has 0 amide bonds. The second-order valence-electron chi connectivity index (χ2n) is 9.25. The Labute approximate surface area is 221 Å². The standard InChI is InChI=1S/C20H36N2O17/c1-22(33)21-5-35-19-16(32)17(11(27)7(3-24)37-19)39-20-15(31)13(29)10(26)8(38-20)4-34-18-14(30)12(28)9(25)6(2-23)36-18/h6-20,23-32H,2-5H2,1H3/t6-,7-,8-,9-,10+,11-,12+,13+,14-,15-,16-,17+,18-,19-,20+/m1/s1. The normalized spacial score (nSPS) is 47.8. The highest BCUT2D eigenvalue weighted by Gasteiger charge is 2.51. The van der Waals surface area contributed by atoms with Crippen LogP contribution in [0.1, 0.15) is 0 Å². The molecule has 0 aromatic heterocycles. The van der Waals surface area contributed by atoms with Crippen molar-refractivity contribution in [3.05, 3.63) is 5.21 Å². The maximum absolute atomic E-state index is 10.9. The van der Waals surface area contributed by atoms with Gasteiger partial charge in [-0.2, -0.15) is 0 Å². The second-order valence-corrected chi connectivity index (χ2v) is 9.25. The monoisotopic (exact) mass is 576 g/mol. The fourth-order valence-electron chi connectivity index (χ4n) is 4.26. The van der Waals surface area contributed by atoms with Crippen LogP contribution in [-0.2, 0) is 28.4 Å². The van der Waals surface area contributed by atoms with E-state index in [0.717, 1.165) is 7.05 Å². The number of hydroxylamine groups is 1. The first-order valence-corrected chi connectivity index (χ1v) is 12.0. The van der Waals surface area contributed by atoms with Crippen molar-refractivity contribution < 1.29 is 84.3 Å². The van der Waals surface area contributed by atoms with Crippen molar-refractivity contribution in [3.63, 3.8) is 0 Å². The summed E-state index contributed by atoms with van der Waals surface area (Å²) in [5, 5.41) is 115. The van der Waals surface area contributed by atoms with Gasteiger partial charge in [0, 0.05) is 0 Å². The number of hydrogen-bond donors (Lipinski definition) is 10. The van der Waals surface area contributed by atoms with E-state index in [0.29, 0.717) is 0 Å². The average molecular weight is 577 g/mol. The third kappa shape index (κ3) is 7.35. The van der Waals surface area contributed by atoms with E-state index in [1.807, 2.05) is 0 Å². The van der Waals surface area contributed by atoms with E-state index in [-0.39, 0.29) is 4.86 Å². The highest BCUT2D eigenvalue weighted by molar-refractivity contribution is 4.95. The van der Waals surface area contributed by atoms with Crippen LogP contribution in [0.15, 0.2) is 5.11 Å². The van der Waals surface area contributed by atoms with Crippen LogP contribution < -0.4 is 0 Å². The van der Waals surface area contributed by atoms with Gasteiger partial charge in [0.05, 0.1) is 19.8 Å². The van der Waals surface area contributed by atoms with E-state index in [1.54, 1.807) is 0 Å². The molecule has 3 heterocycles. The van der Waals surface area contributed by atoms with Crippen LogP contribution in [0.4, 0.5) is 0 Å². The molecule has 0 aromatic carbocycles. The Balaban J connectivity index is 1.68. The molecular formula is C20H36N2O17. The molecule has 10 N–H and O–H groups in total. The van der Waals surface area contributed by atoms with Gasteiger partial charge in [-0.1, -0.05) is 4.86 Å². The van der Waals surface area contributed by atoms with Gasteiger partial charge in [0.2, 0.25) is 6.73 Å². The van der Waals surface area contributed by atoms with Crippen molar-refractivity contribution in [3.8, 4) is 0 Å². The summed E-state index contributed by atoms with van der Waals surface area (Å²) in [6.07, 6.45) is -24.9. The minimum Gasteiger partial charge on any atom is -0.600 e. The number of aliphatic hydroxyl groups excluding tert-OH is 10. The summed E-state index contributed by atoms with van der Waals surface area (Å²) in [5.74, 6) is 0. The van der Waals surface area contributed by atoms with Crippen LogP contribution >= 0.6 is 0 Å². The number of rotatable bonds is 10. The zero-order valence-electron chi connectivity index (χ0n) is 20.7. The fourth-order valence-corrected chi connectivity index (χ4v) is 4.26. The van der Waals surface area contributed by atoms with Crippen LogP contribution in [-0.4, -0.2) is 182 Å². The SMILES string of the molecule is C[N+]([O-])=NCO[C@@H]1O[C@H](CO)[C@@H](O)[C@H](O[C@@H]2O[C@H](CO[C@@H]3O[C@H](CO)[C@@H](O)[C@H](O)[C@H]3O)[C@H](O)[C@H](O)[C@H]2O)[C@H]1O. The summed E-state index contributed by atoms with van der Waals surface area (Å²) >= 11 is 0. The van der Waals surface area contributed by atoms with Crippen molar-refractivity contribution in [2.75, 3.05) is 33.6 Å². The third-order valence-electron chi connectivity index (χ3n) is 6.55. The first-order valence-electron chi connectivity index (χ1n) is 12.0. The van der Waals surface area contributed by atoms with Crippen LogP contribution in [0.3, 0.4) is 0 Å². The number of azo groups is 1. The molecule has 3 rings (SSSR count). The van der Waals surface area contributed by atoms with E-state index in [9.17, 15) is 56.3 Å². The summed E-state index contributed by atoms with van der Waals surface area (Å²) in [7, 11) is 1.08. The van der Waals surface area contributed by atoms with Crippen molar-refractivity contribution in [1.29, 1.82) is 0 Å². The highest BCUT2D eigenvalue weighted by atomic mass is 16.8. The Hall–Kier alpha value is -1.24. The van der Waals surface area contributed by atoms with Crippen LogP contribution in [0.5, 0.6) is 0 Å². The second kappa shape index (κ2) is 14.1. The molecule has 0 aliphatic carbocycles. The number of aliphatic hydroxyl groups is 10. The average Bonchev–Trinajstić information content (AvgIpc) is 2.90. The lowest BCUT2D eigenvalue weighted by Gasteiger charge is -2.46. The Bertz CT molecular complexity index is 789. The Morgan fingerprint density at radius 3 is 1.69 bits per heavy atom. The van der Waals surface area contributed by atoms with Gasteiger partial charge in [-0.15, -0.1) is 0 Å². The Morgan fingerprint density at radius 2 is 1.13 bits per heavy atom. The minimum absolute atomic E-state index is 0.187. The molecule has 19 heteroatoms. The van der Waals surface area contributed by atoms with Gasteiger partial charge in [0.1, 0.15) is 73.2 Å². The lowest BCUT2D eigenvalue weighted by atomic mass is 9.97. The molecule has 228 valence electrons. The first-order chi connectivity index (χ1) is 18.4. The lowest BCUT2D eigenvalue weighted by Crippen LogP contribution is -2.65. The highest BCUT2D eigenvalue weighted by Crippen LogP contribution is 2.30. The molecule has 3 fully saturated rings. The molecule has 0 saturated carbocycles. The van der Waals surface area contributed by atoms with Gasteiger partial charge in [0.15, 0.2) is 25.9 Å². The Kier molecular flexibility index (Phi) is 11.7. The van der Waals surface area contributed by atoms with Crippen molar-refractivity contribution in [1.82, 2.24) is 0 Å². The van der Waals surface area contributed by atoms with Gasteiger partial charge in [-0.05, 0) is 5.11 Å². The van der Waals surface area contributed by atoms with E-state index in [1.165, 1.54) is 0 Å². The summed E-state index contributed by atoms with van der Waals surface area (Å²) in [6.45, 7) is -2.67. The largest absolute Gasteiger partial charge is 0.600 e. The zero-order valence-corrected chi connectivity index (χ0v) is 20.7. The quantitative estimate of drug-likeness (QED) is 0.0656. The van der Waals surface area contributed by atoms with Gasteiger partial charge in [-0.3, -0.25) is 0 Å². The third-order valence-corrected chi connectivity index (χ3v) is 6.55. The number of hydrogen-bond acceptors (Lipinski definition) is 18. The van der Waals surface area contributed by atoms with E-state index in [2.05, 4.69) is 5.11 Å². The van der Waals surface area contributed by atoms with Crippen LogP contribution in [0.2, 0.25) is 0 Å². The van der Waals surface area contributed by atoms with Crippen molar-refractivity contribution in [2.45, 2.75) is 92.1 Å². The molecule has 19 nitrogen and oxygen atoms in total. The van der Waals surface area contributed by atoms with E-state index in [4.69, 9.17) is 28.4 Å². The van der Waals surface area contributed by atoms with Crippen molar-refractivity contribution >= 4 is 0 Å². The van der Waals surface area contributed by atoms with Gasteiger partial charge in [0.25, 0.3) is 0 Å². The molecule has 39 heavy (non-hydrogen) atoms. The van der Waals surface area contributed by atoms with Gasteiger partial charge < -0.3 is 84.7 Å². The molecule has 3 aliphatic heterocycles. The fraction of sp³-hybridized carbons (Fsp3) is 1.00. The Morgan fingerprint density at radius 1 is 0.641 bits per heavy atom. The predicted octanol–water partition coefficient (Wildman–Crippen LogP) is -7.00. The molecular weight excluding hydrogens is 540 g/mol. The molecule has 0 radical (unpaired) electrons. The molecule has 0 spiro atoms. The zero-order chi connectivity index (χ0) is 29.0. The number of nitrogens with zero attached hydrogens (tertiary/aromatic N) is 2. The maximum Gasteiger partial charge on any atom is 0.203 e. The summed E-state index contributed by atoms with van der Waals surface area (Å²) < 4.78 is 32.0. The minimum atomic E-state index is -1.91. The summed E-state index contributed by atoms with van der Waals surface area (Å²) in [5.41, 5.74) is 0. The molecule has 0 aromatic rings. The van der Waals surface area contributed by atoms with Crippen LogP contribution in [0.25, 0.3) is 0 Å². The van der Waals surface area contributed by atoms with E-state index >= 15 is 0 Å². The molecule has 3 aliphatic rings. The molecule has 3 saturated heterocycles. The molecule has 0 bridgehead atoms. The van der Waals surface area contributed by atoms with Gasteiger partial charge in [-0.25, -0.2) is 0 Å².